The maximum Gasteiger partial charge on any atom is 0.193 e. The van der Waals surface area contributed by atoms with Gasteiger partial charge in [-0.25, -0.2) is 0 Å². The van der Waals surface area contributed by atoms with Crippen molar-refractivity contribution in [2.45, 2.75) is 42.8 Å². The van der Waals surface area contributed by atoms with Gasteiger partial charge in [0.2, 0.25) is 0 Å². The summed E-state index contributed by atoms with van der Waals surface area (Å²) in [5.74, 6) is 1.69. The lowest BCUT2D eigenvalue weighted by Gasteiger charge is -2.26. The summed E-state index contributed by atoms with van der Waals surface area (Å²) in [4.78, 5) is 0. The maximum atomic E-state index is 9.77. The molecule has 1 aromatic heterocycles. The fourth-order valence-corrected chi connectivity index (χ4v) is 3.28. The van der Waals surface area contributed by atoms with Crippen molar-refractivity contribution in [1.29, 1.82) is 0 Å². The Bertz CT molecular complexity index is 313. The number of halogens is 1. The van der Waals surface area contributed by atoms with E-state index in [-0.39, 0.29) is 6.10 Å². The van der Waals surface area contributed by atoms with Crippen LogP contribution in [0.3, 0.4) is 0 Å². The van der Waals surface area contributed by atoms with E-state index in [0.29, 0.717) is 10.5 Å². The molecule has 0 aliphatic heterocycles. The Kier molecular flexibility index (Phi) is 4.00. The van der Waals surface area contributed by atoms with Gasteiger partial charge in [-0.15, -0.1) is 11.8 Å². The number of aliphatic hydroxyl groups excluding tert-OH is 1. The van der Waals surface area contributed by atoms with Crippen LogP contribution >= 0.6 is 23.4 Å². The van der Waals surface area contributed by atoms with E-state index >= 15 is 0 Å². The molecule has 1 fully saturated rings. The molecule has 0 radical (unpaired) electrons. The van der Waals surface area contributed by atoms with Gasteiger partial charge in [0, 0.05) is 5.25 Å². The van der Waals surface area contributed by atoms with Crippen molar-refractivity contribution in [2.75, 3.05) is 0 Å². The van der Waals surface area contributed by atoms with Crippen LogP contribution in [0.15, 0.2) is 16.5 Å². The summed E-state index contributed by atoms with van der Waals surface area (Å²) in [6, 6.07) is 3.65. The van der Waals surface area contributed by atoms with E-state index in [1.807, 2.05) is 6.07 Å². The summed E-state index contributed by atoms with van der Waals surface area (Å²) in [7, 11) is 0. The van der Waals surface area contributed by atoms with Crippen molar-refractivity contribution in [3.05, 3.63) is 23.1 Å². The molecule has 0 aromatic carbocycles. The molecule has 84 valence electrons. The first-order valence-electron chi connectivity index (χ1n) is 5.29. The number of thioether (sulfide) groups is 1. The fourth-order valence-electron chi connectivity index (χ4n) is 1.89. The van der Waals surface area contributed by atoms with E-state index in [0.717, 1.165) is 30.8 Å². The third kappa shape index (κ3) is 3.16. The molecule has 1 N–H and O–H groups in total. The molecule has 15 heavy (non-hydrogen) atoms. The maximum absolute atomic E-state index is 9.77. The van der Waals surface area contributed by atoms with Gasteiger partial charge in [0.1, 0.15) is 5.76 Å². The van der Waals surface area contributed by atoms with Crippen LogP contribution in [0.25, 0.3) is 0 Å². The zero-order chi connectivity index (χ0) is 10.7. The Hall–Kier alpha value is -0.120. The van der Waals surface area contributed by atoms with Crippen LogP contribution in [-0.4, -0.2) is 16.5 Å². The van der Waals surface area contributed by atoms with Gasteiger partial charge >= 0.3 is 0 Å². The van der Waals surface area contributed by atoms with Crippen molar-refractivity contribution in [1.82, 2.24) is 0 Å². The van der Waals surface area contributed by atoms with Crippen molar-refractivity contribution in [3.63, 3.8) is 0 Å². The van der Waals surface area contributed by atoms with Crippen LogP contribution in [0.1, 0.15) is 31.4 Å². The normalized spacial score (nSPS) is 26.8. The monoisotopic (exact) mass is 246 g/mol. The second-order valence-electron chi connectivity index (χ2n) is 3.91. The minimum absolute atomic E-state index is 0.144. The molecule has 4 heteroatoms. The molecule has 2 rings (SSSR count). The van der Waals surface area contributed by atoms with E-state index in [1.165, 1.54) is 6.42 Å². The number of rotatable bonds is 3. The molecule has 0 spiro atoms. The van der Waals surface area contributed by atoms with Gasteiger partial charge < -0.3 is 9.52 Å². The summed E-state index contributed by atoms with van der Waals surface area (Å²) in [6.45, 7) is 0. The van der Waals surface area contributed by atoms with Crippen molar-refractivity contribution >= 4 is 23.4 Å². The predicted octanol–water partition coefficient (Wildman–Crippen LogP) is 3.47. The molecule has 1 heterocycles. The van der Waals surface area contributed by atoms with Crippen molar-refractivity contribution < 1.29 is 9.52 Å². The number of furan rings is 1. The van der Waals surface area contributed by atoms with E-state index in [4.69, 9.17) is 16.0 Å². The lowest BCUT2D eigenvalue weighted by Crippen LogP contribution is -2.26. The van der Waals surface area contributed by atoms with Gasteiger partial charge in [0.15, 0.2) is 5.22 Å². The zero-order valence-corrected chi connectivity index (χ0v) is 10.1. The average Bonchev–Trinajstić information content (AvgIpc) is 2.63. The first kappa shape index (κ1) is 11.4. The first-order chi connectivity index (χ1) is 7.25. The molecular formula is C11H15ClO2S. The van der Waals surface area contributed by atoms with Crippen LogP contribution in [0.4, 0.5) is 0 Å². The Balaban J connectivity index is 1.81. The summed E-state index contributed by atoms with van der Waals surface area (Å²) in [5.41, 5.74) is 0. The Morgan fingerprint density at radius 2 is 2.20 bits per heavy atom. The highest BCUT2D eigenvalue weighted by Crippen LogP contribution is 2.31. The summed E-state index contributed by atoms with van der Waals surface area (Å²) in [6.07, 6.45) is 4.30. The summed E-state index contributed by atoms with van der Waals surface area (Å²) in [5, 5.41) is 10.6. The van der Waals surface area contributed by atoms with Crippen LogP contribution in [0, 0.1) is 0 Å². The van der Waals surface area contributed by atoms with Gasteiger partial charge in [-0.05, 0) is 36.6 Å². The standard InChI is InChI=1S/C11H15ClO2S/c12-11-6-5-8(14-11)7-15-10-4-2-1-3-9(10)13/h5-6,9-10,13H,1-4,7H2. The lowest BCUT2D eigenvalue weighted by atomic mass is 9.97. The van der Waals surface area contributed by atoms with Gasteiger partial charge in [-0.1, -0.05) is 12.8 Å². The van der Waals surface area contributed by atoms with Gasteiger partial charge in [-0.3, -0.25) is 0 Å². The fraction of sp³-hybridized carbons (Fsp3) is 0.636. The van der Waals surface area contributed by atoms with Crippen LogP contribution in [0.5, 0.6) is 0 Å². The van der Waals surface area contributed by atoms with E-state index in [1.54, 1.807) is 17.8 Å². The molecule has 0 amide bonds. The number of hydrogen-bond donors (Lipinski definition) is 1. The van der Waals surface area contributed by atoms with Gasteiger partial charge in [0.25, 0.3) is 0 Å². The minimum Gasteiger partial charge on any atom is -0.449 e. The van der Waals surface area contributed by atoms with Crippen molar-refractivity contribution in [2.24, 2.45) is 0 Å². The van der Waals surface area contributed by atoms with Crippen LogP contribution < -0.4 is 0 Å². The first-order valence-corrected chi connectivity index (χ1v) is 6.72. The smallest absolute Gasteiger partial charge is 0.193 e. The second-order valence-corrected chi connectivity index (χ2v) is 5.51. The molecule has 2 unspecified atom stereocenters. The average molecular weight is 247 g/mol. The second kappa shape index (κ2) is 5.28. The molecule has 1 aliphatic rings. The Morgan fingerprint density at radius 1 is 1.40 bits per heavy atom. The van der Waals surface area contributed by atoms with E-state index < -0.39 is 0 Å². The third-order valence-corrected chi connectivity index (χ3v) is 4.37. The predicted molar refractivity (Wildman–Crippen MR) is 63.3 cm³/mol. The van der Waals surface area contributed by atoms with Crippen LogP contribution in [0.2, 0.25) is 5.22 Å². The van der Waals surface area contributed by atoms with E-state index in [9.17, 15) is 5.11 Å². The lowest BCUT2D eigenvalue weighted by molar-refractivity contribution is 0.137. The quantitative estimate of drug-likeness (QED) is 0.887. The topological polar surface area (TPSA) is 33.4 Å². The van der Waals surface area contributed by atoms with Crippen molar-refractivity contribution in [3.8, 4) is 0 Å². The van der Waals surface area contributed by atoms with Gasteiger partial charge in [0.05, 0.1) is 11.9 Å². The highest BCUT2D eigenvalue weighted by atomic mass is 35.5. The Labute approximate surface area is 99.0 Å². The highest BCUT2D eigenvalue weighted by molar-refractivity contribution is 7.99. The molecule has 0 saturated heterocycles. The molecule has 1 aliphatic carbocycles. The highest BCUT2D eigenvalue weighted by Gasteiger charge is 2.23. The SMILES string of the molecule is OC1CCCCC1SCc1ccc(Cl)o1. The summed E-state index contributed by atoms with van der Waals surface area (Å²) < 4.78 is 5.27. The molecule has 1 aromatic rings. The minimum atomic E-state index is -0.144. The summed E-state index contributed by atoms with van der Waals surface area (Å²) >= 11 is 7.45. The Morgan fingerprint density at radius 3 is 2.87 bits per heavy atom. The molecule has 1 saturated carbocycles. The largest absolute Gasteiger partial charge is 0.449 e. The molecular weight excluding hydrogens is 232 g/mol. The zero-order valence-electron chi connectivity index (χ0n) is 8.49. The third-order valence-electron chi connectivity index (χ3n) is 2.74. The number of hydrogen-bond acceptors (Lipinski definition) is 3. The van der Waals surface area contributed by atoms with Crippen LogP contribution in [-0.2, 0) is 5.75 Å². The molecule has 2 nitrogen and oxygen atoms in total. The number of aliphatic hydroxyl groups is 1. The molecule has 2 atom stereocenters. The van der Waals surface area contributed by atoms with Gasteiger partial charge in [-0.2, -0.15) is 0 Å². The van der Waals surface area contributed by atoms with E-state index in [2.05, 4.69) is 0 Å². The molecule has 0 bridgehead atoms.